The van der Waals surface area contributed by atoms with Crippen LogP contribution < -0.4 is 5.56 Å². The molecule has 0 bridgehead atoms. The van der Waals surface area contributed by atoms with E-state index in [2.05, 4.69) is 13.0 Å². The third-order valence-corrected chi connectivity index (χ3v) is 7.19. The Balaban J connectivity index is 1.99. The van der Waals surface area contributed by atoms with Crippen molar-refractivity contribution in [3.8, 4) is 11.8 Å². The molecule has 0 aliphatic heterocycles. The second-order valence-corrected chi connectivity index (χ2v) is 9.76. The van der Waals surface area contributed by atoms with Crippen molar-refractivity contribution in [3.63, 3.8) is 0 Å². The molecule has 4 rings (SSSR count). The molecule has 138 valence electrons. The minimum absolute atomic E-state index is 0.0537. The number of benzene rings is 1. The molecule has 0 amide bonds. The third-order valence-electron chi connectivity index (χ3n) is 4.85. The maximum Gasteiger partial charge on any atom is 0.267 e. The van der Waals surface area contributed by atoms with E-state index >= 15 is 0 Å². The number of thioether (sulfide) groups is 1. The van der Waals surface area contributed by atoms with Crippen LogP contribution in [0.4, 0.5) is 0 Å². The van der Waals surface area contributed by atoms with Gasteiger partial charge in [-0.3, -0.25) is 9.36 Å². The van der Waals surface area contributed by atoms with E-state index in [0.717, 1.165) is 40.7 Å². The fourth-order valence-corrected chi connectivity index (χ4v) is 5.82. The molecule has 4 nitrogen and oxygen atoms in total. The largest absolute Gasteiger partial charge is 0.268 e. The number of halogens is 1. The second-order valence-electron chi connectivity index (χ2n) is 6.93. The van der Waals surface area contributed by atoms with Crippen molar-refractivity contribution in [1.82, 2.24) is 9.55 Å². The lowest BCUT2D eigenvalue weighted by molar-refractivity contribution is 0.509. The molecule has 7 heteroatoms. The Labute approximate surface area is 170 Å². The molecule has 0 spiro atoms. The summed E-state index contributed by atoms with van der Waals surface area (Å²) in [5.41, 5.74) is 1.83. The van der Waals surface area contributed by atoms with Crippen LogP contribution in [0.15, 0.2) is 34.2 Å². The van der Waals surface area contributed by atoms with Gasteiger partial charge in [-0.1, -0.05) is 30.3 Å². The van der Waals surface area contributed by atoms with Gasteiger partial charge in [0.1, 0.15) is 4.83 Å². The van der Waals surface area contributed by atoms with Crippen LogP contribution in [-0.4, -0.2) is 14.8 Å². The Hall–Kier alpha value is -1.81. The Morgan fingerprint density at radius 3 is 2.85 bits per heavy atom. The number of hydrogen-bond acceptors (Lipinski definition) is 5. The summed E-state index contributed by atoms with van der Waals surface area (Å²) < 4.78 is 1.63. The van der Waals surface area contributed by atoms with Crippen molar-refractivity contribution in [2.75, 3.05) is 0 Å². The summed E-state index contributed by atoms with van der Waals surface area (Å²) in [6.07, 6.45) is 3.03. The highest BCUT2D eigenvalue weighted by molar-refractivity contribution is 8.00. The Kier molecular flexibility index (Phi) is 5.02. The van der Waals surface area contributed by atoms with Crippen LogP contribution in [0.3, 0.4) is 0 Å². The smallest absolute Gasteiger partial charge is 0.267 e. The van der Waals surface area contributed by atoms with Gasteiger partial charge in [0, 0.05) is 9.90 Å². The zero-order chi connectivity index (χ0) is 19.1. The lowest BCUT2D eigenvalue weighted by atomic mass is 9.89. The van der Waals surface area contributed by atoms with Gasteiger partial charge in [-0.2, -0.15) is 5.26 Å². The van der Waals surface area contributed by atoms with Crippen molar-refractivity contribution >= 4 is 44.9 Å². The van der Waals surface area contributed by atoms with Gasteiger partial charge in [0.15, 0.2) is 5.16 Å². The molecular formula is C20H18ClN3OS2. The molecular weight excluding hydrogens is 398 g/mol. The third kappa shape index (κ3) is 3.40. The van der Waals surface area contributed by atoms with E-state index in [9.17, 15) is 10.1 Å². The van der Waals surface area contributed by atoms with Crippen LogP contribution in [0.1, 0.15) is 30.7 Å². The minimum Gasteiger partial charge on any atom is -0.268 e. The first-order chi connectivity index (χ1) is 13.0. The molecule has 0 fully saturated rings. The lowest BCUT2D eigenvalue weighted by Crippen LogP contribution is -2.23. The number of fused-ring (bicyclic) bond motifs is 3. The number of thiophene rings is 1. The molecule has 1 aliphatic rings. The highest BCUT2D eigenvalue weighted by Gasteiger charge is 2.25. The van der Waals surface area contributed by atoms with E-state index in [1.165, 1.54) is 16.6 Å². The molecule has 0 saturated carbocycles. The van der Waals surface area contributed by atoms with Crippen LogP contribution in [0.2, 0.25) is 5.02 Å². The summed E-state index contributed by atoms with van der Waals surface area (Å²) in [6.45, 7) is 4.07. The Bertz CT molecular complexity index is 1110. The lowest BCUT2D eigenvalue weighted by Gasteiger charge is -2.18. The number of aryl methyl sites for hydroxylation is 1. The average molecular weight is 416 g/mol. The summed E-state index contributed by atoms with van der Waals surface area (Å²) in [5.74, 6) is 0.636. The molecule has 0 N–H and O–H groups in total. The Morgan fingerprint density at radius 1 is 1.41 bits per heavy atom. The number of aromatic nitrogens is 2. The Morgan fingerprint density at radius 2 is 2.15 bits per heavy atom. The van der Waals surface area contributed by atoms with Gasteiger partial charge in [0.25, 0.3) is 5.56 Å². The van der Waals surface area contributed by atoms with E-state index in [1.54, 1.807) is 28.0 Å². The molecule has 1 aliphatic carbocycles. The standard InChI is InChI=1S/C20H18ClN3OS2/c1-11-3-8-15-16(9-11)27-18-17(15)19(25)24(14-6-4-13(21)5-7-14)20(23-18)26-12(2)10-22/h4-7,11-12H,3,8-9H2,1-2H3/t11-,12+/m0/s1. The van der Waals surface area contributed by atoms with Crippen molar-refractivity contribution in [1.29, 1.82) is 5.26 Å². The number of rotatable bonds is 3. The van der Waals surface area contributed by atoms with Crippen LogP contribution in [0, 0.1) is 17.2 Å². The highest BCUT2D eigenvalue weighted by Crippen LogP contribution is 2.37. The minimum atomic E-state index is -0.303. The van der Waals surface area contributed by atoms with Crippen molar-refractivity contribution in [2.45, 2.75) is 43.5 Å². The predicted molar refractivity (Wildman–Crippen MR) is 112 cm³/mol. The van der Waals surface area contributed by atoms with E-state index in [1.807, 2.05) is 19.1 Å². The van der Waals surface area contributed by atoms with E-state index < -0.39 is 0 Å². The maximum absolute atomic E-state index is 13.5. The number of nitriles is 1. The summed E-state index contributed by atoms with van der Waals surface area (Å²) in [5, 5.41) is 10.8. The van der Waals surface area contributed by atoms with Crippen molar-refractivity contribution in [2.24, 2.45) is 5.92 Å². The van der Waals surface area contributed by atoms with E-state index in [4.69, 9.17) is 16.6 Å². The molecule has 2 atom stereocenters. The van der Waals surface area contributed by atoms with Crippen molar-refractivity contribution in [3.05, 3.63) is 50.1 Å². The summed E-state index contributed by atoms with van der Waals surface area (Å²) >= 11 is 8.96. The van der Waals surface area contributed by atoms with Crippen LogP contribution in [-0.2, 0) is 12.8 Å². The van der Waals surface area contributed by atoms with Crippen LogP contribution in [0.5, 0.6) is 0 Å². The van der Waals surface area contributed by atoms with E-state index in [-0.39, 0.29) is 10.8 Å². The summed E-state index contributed by atoms with van der Waals surface area (Å²) in [7, 11) is 0. The number of hydrogen-bond donors (Lipinski definition) is 0. The SMILES string of the molecule is C[C@H]1CCc2c(sc3nc(S[C@H](C)C#N)n(-c4ccc(Cl)cc4)c(=O)c23)C1. The van der Waals surface area contributed by atoms with Gasteiger partial charge in [0.2, 0.25) is 0 Å². The molecule has 1 aromatic carbocycles. The molecule has 0 unspecified atom stereocenters. The summed E-state index contributed by atoms with van der Waals surface area (Å²) in [4.78, 5) is 20.4. The molecule has 2 aromatic heterocycles. The van der Waals surface area contributed by atoms with Gasteiger partial charge < -0.3 is 0 Å². The monoisotopic (exact) mass is 415 g/mol. The van der Waals surface area contributed by atoms with Gasteiger partial charge in [-0.15, -0.1) is 11.3 Å². The predicted octanol–water partition coefficient (Wildman–Crippen LogP) is 5.23. The molecule has 27 heavy (non-hydrogen) atoms. The topological polar surface area (TPSA) is 58.7 Å². The molecule has 2 heterocycles. The normalized spacial score (nSPS) is 17.5. The highest BCUT2D eigenvalue weighted by atomic mass is 35.5. The van der Waals surface area contributed by atoms with Gasteiger partial charge in [-0.25, -0.2) is 4.98 Å². The van der Waals surface area contributed by atoms with Gasteiger partial charge in [-0.05, 0) is 61.9 Å². The van der Waals surface area contributed by atoms with Crippen LogP contribution in [0.25, 0.3) is 15.9 Å². The molecule has 3 aromatic rings. The van der Waals surface area contributed by atoms with E-state index in [0.29, 0.717) is 16.1 Å². The van der Waals surface area contributed by atoms with Crippen LogP contribution >= 0.6 is 34.7 Å². The number of nitrogens with zero attached hydrogens (tertiary/aromatic N) is 3. The van der Waals surface area contributed by atoms with Crippen molar-refractivity contribution < 1.29 is 0 Å². The first kappa shape index (κ1) is 18.5. The quantitative estimate of drug-likeness (QED) is 0.434. The average Bonchev–Trinajstić information content (AvgIpc) is 3.00. The zero-order valence-electron chi connectivity index (χ0n) is 15.0. The van der Waals surface area contributed by atoms with Gasteiger partial charge >= 0.3 is 0 Å². The first-order valence-corrected chi connectivity index (χ1v) is 10.9. The fraction of sp³-hybridized carbons (Fsp3) is 0.350. The maximum atomic E-state index is 13.5. The fourth-order valence-electron chi connectivity index (χ4n) is 3.45. The second kappa shape index (κ2) is 7.31. The zero-order valence-corrected chi connectivity index (χ0v) is 17.4. The first-order valence-electron chi connectivity index (χ1n) is 8.87. The van der Waals surface area contributed by atoms with Gasteiger partial charge in [0.05, 0.1) is 22.4 Å². The molecule has 0 radical (unpaired) electrons. The summed E-state index contributed by atoms with van der Waals surface area (Å²) in [6, 6.07) is 9.38. The molecule has 0 saturated heterocycles.